The summed E-state index contributed by atoms with van der Waals surface area (Å²) in [6.45, 7) is 0.628. The quantitative estimate of drug-likeness (QED) is 0.327. The summed E-state index contributed by atoms with van der Waals surface area (Å²) >= 11 is 0. The highest BCUT2D eigenvalue weighted by molar-refractivity contribution is 5.91. The maximum absolute atomic E-state index is 11.2. The Bertz CT molecular complexity index is 906. The van der Waals surface area contributed by atoms with Crippen LogP contribution < -0.4 is 15.5 Å². The summed E-state index contributed by atoms with van der Waals surface area (Å²) in [4.78, 5) is 11.2. The molecule has 3 aromatic rings. The third-order valence-electron chi connectivity index (χ3n) is 3.87. The lowest BCUT2D eigenvalue weighted by atomic mass is 10.1. The van der Waals surface area contributed by atoms with Crippen molar-refractivity contribution in [2.24, 2.45) is 0 Å². The molecule has 0 atom stereocenters. The first-order chi connectivity index (χ1) is 13.2. The molecule has 0 saturated carbocycles. The molecule has 0 aliphatic heterocycles. The molecule has 0 heterocycles. The number of carbonyl (C=O) groups excluding carboxylic acids is 1. The zero-order chi connectivity index (χ0) is 18.9. The van der Waals surface area contributed by atoms with Crippen molar-refractivity contribution >= 4 is 17.7 Å². The molecule has 5 nitrogen and oxygen atoms in total. The minimum Gasteiger partial charge on any atom is -0.457 e. The van der Waals surface area contributed by atoms with Crippen LogP contribution in [-0.2, 0) is 11.3 Å². The summed E-state index contributed by atoms with van der Waals surface area (Å²) in [6, 6.07) is 25.1. The minimum absolute atomic E-state index is 0.571. The van der Waals surface area contributed by atoms with Crippen molar-refractivity contribution in [2.75, 3.05) is 5.32 Å². The van der Waals surface area contributed by atoms with E-state index in [4.69, 9.17) is 9.94 Å². The monoisotopic (exact) mass is 360 g/mol. The maximum atomic E-state index is 11.2. The number of para-hydroxylation sites is 2. The summed E-state index contributed by atoms with van der Waals surface area (Å²) in [7, 11) is 0. The van der Waals surface area contributed by atoms with Crippen LogP contribution in [0.15, 0.2) is 84.9 Å². The summed E-state index contributed by atoms with van der Waals surface area (Å²) in [5.41, 5.74) is 4.42. The average molecular weight is 360 g/mol. The Kier molecular flexibility index (Phi) is 6.22. The fraction of sp³-hybridized carbons (Fsp3) is 0.0455. The Labute approximate surface area is 157 Å². The van der Waals surface area contributed by atoms with Crippen LogP contribution in [0.5, 0.6) is 11.5 Å². The third-order valence-corrected chi connectivity index (χ3v) is 3.87. The van der Waals surface area contributed by atoms with Gasteiger partial charge in [-0.05, 0) is 47.5 Å². The normalized spacial score (nSPS) is 10.6. The predicted octanol–water partition coefficient (Wildman–Crippen LogP) is 4.61. The van der Waals surface area contributed by atoms with E-state index in [-0.39, 0.29) is 0 Å². The Morgan fingerprint density at radius 2 is 1.56 bits per heavy atom. The highest BCUT2D eigenvalue weighted by Crippen LogP contribution is 2.22. The van der Waals surface area contributed by atoms with E-state index in [0.29, 0.717) is 6.54 Å². The van der Waals surface area contributed by atoms with E-state index < -0.39 is 5.91 Å². The molecule has 3 rings (SSSR count). The number of amides is 1. The molecule has 0 aromatic heterocycles. The molecule has 3 N–H and O–H groups in total. The lowest BCUT2D eigenvalue weighted by molar-refractivity contribution is -0.124. The average Bonchev–Trinajstić information content (AvgIpc) is 2.73. The van der Waals surface area contributed by atoms with Gasteiger partial charge in [0, 0.05) is 18.3 Å². The predicted molar refractivity (Wildman–Crippen MR) is 106 cm³/mol. The van der Waals surface area contributed by atoms with Gasteiger partial charge in [0.2, 0.25) is 0 Å². The first-order valence-electron chi connectivity index (χ1n) is 8.51. The number of hydrogen-bond donors (Lipinski definition) is 3. The molecule has 3 aromatic carbocycles. The zero-order valence-electron chi connectivity index (χ0n) is 14.6. The van der Waals surface area contributed by atoms with Gasteiger partial charge in [0.25, 0.3) is 5.91 Å². The van der Waals surface area contributed by atoms with Crippen molar-refractivity contribution in [3.63, 3.8) is 0 Å². The summed E-state index contributed by atoms with van der Waals surface area (Å²) in [5, 5.41) is 11.9. The SMILES string of the molecule is O=C(C=Cc1ccccc1NCc1ccc(Oc2ccccc2)cc1)NO. The lowest BCUT2D eigenvalue weighted by Crippen LogP contribution is -2.14. The molecule has 0 spiro atoms. The second-order valence-electron chi connectivity index (χ2n) is 5.81. The molecule has 0 saturated heterocycles. The van der Waals surface area contributed by atoms with Crippen molar-refractivity contribution in [1.82, 2.24) is 5.48 Å². The number of rotatable bonds is 7. The first kappa shape index (κ1) is 18.2. The number of benzene rings is 3. The fourth-order valence-electron chi connectivity index (χ4n) is 2.50. The number of hydroxylamine groups is 1. The molecule has 0 fully saturated rings. The smallest absolute Gasteiger partial charge is 0.267 e. The zero-order valence-corrected chi connectivity index (χ0v) is 14.6. The number of ether oxygens (including phenoxy) is 1. The maximum Gasteiger partial charge on any atom is 0.267 e. The second kappa shape index (κ2) is 9.22. The molecule has 0 bridgehead atoms. The van der Waals surface area contributed by atoms with Gasteiger partial charge in [-0.3, -0.25) is 10.0 Å². The van der Waals surface area contributed by atoms with E-state index in [2.05, 4.69) is 5.32 Å². The van der Waals surface area contributed by atoms with Gasteiger partial charge in [0.15, 0.2) is 0 Å². The molecule has 1 amide bonds. The molecule has 0 aliphatic rings. The Balaban J connectivity index is 1.62. The van der Waals surface area contributed by atoms with Gasteiger partial charge in [-0.15, -0.1) is 0 Å². The van der Waals surface area contributed by atoms with E-state index in [1.165, 1.54) is 6.08 Å². The van der Waals surface area contributed by atoms with Crippen molar-refractivity contribution in [3.8, 4) is 11.5 Å². The van der Waals surface area contributed by atoms with Gasteiger partial charge in [-0.1, -0.05) is 48.5 Å². The van der Waals surface area contributed by atoms with Crippen molar-refractivity contribution in [3.05, 3.63) is 96.1 Å². The number of anilines is 1. The molecule has 5 heteroatoms. The first-order valence-corrected chi connectivity index (χ1v) is 8.51. The van der Waals surface area contributed by atoms with E-state index in [9.17, 15) is 4.79 Å². The van der Waals surface area contributed by atoms with E-state index in [1.807, 2.05) is 78.9 Å². The molecule has 0 radical (unpaired) electrons. The van der Waals surface area contributed by atoms with E-state index in [0.717, 1.165) is 28.3 Å². The van der Waals surface area contributed by atoms with Crippen molar-refractivity contribution < 1.29 is 14.7 Å². The highest BCUT2D eigenvalue weighted by Gasteiger charge is 2.01. The van der Waals surface area contributed by atoms with Crippen LogP contribution in [0.2, 0.25) is 0 Å². The Morgan fingerprint density at radius 3 is 2.30 bits per heavy atom. The Morgan fingerprint density at radius 1 is 0.889 bits per heavy atom. The van der Waals surface area contributed by atoms with Crippen molar-refractivity contribution in [1.29, 1.82) is 0 Å². The molecular formula is C22H20N2O3. The number of hydrogen-bond acceptors (Lipinski definition) is 4. The second-order valence-corrected chi connectivity index (χ2v) is 5.81. The molecule has 0 unspecified atom stereocenters. The highest BCUT2D eigenvalue weighted by atomic mass is 16.5. The van der Waals surface area contributed by atoms with E-state index in [1.54, 1.807) is 11.6 Å². The van der Waals surface area contributed by atoms with Crippen LogP contribution in [0.3, 0.4) is 0 Å². The van der Waals surface area contributed by atoms with Crippen LogP contribution in [0.1, 0.15) is 11.1 Å². The van der Waals surface area contributed by atoms with Gasteiger partial charge in [0.1, 0.15) is 11.5 Å². The summed E-state index contributed by atoms with van der Waals surface area (Å²) < 4.78 is 5.79. The van der Waals surface area contributed by atoms with Crippen LogP contribution in [0.4, 0.5) is 5.69 Å². The number of carbonyl (C=O) groups is 1. The third kappa shape index (κ3) is 5.45. The lowest BCUT2D eigenvalue weighted by Gasteiger charge is -2.11. The fourth-order valence-corrected chi connectivity index (χ4v) is 2.50. The van der Waals surface area contributed by atoms with Crippen LogP contribution in [0, 0.1) is 0 Å². The van der Waals surface area contributed by atoms with Gasteiger partial charge in [-0.25, -0.2) is 5.48 Å². The minimum atomic E-state index is -0.571. The van der Waals surface area contributed by atoms with Gasteiger partial charge < -0.3 is 10.1 Å². The van der Waals surface area contributed by atoms with Crippen LogP contribution >= 0.6 is 0 Å². The summed E-state index contributed by atoms with van der Waals surface area (Å²) in [6.07, 6.45) is 2.92. The summed E-state index contributed by atoms with van der Waals surface area (Å²) in [5.74, 6) is 1.01. The van der Waals surface area contributed by atoms with Gasteiger partial charge >= 0.3 is 0 Å². The largest absolute Gasteiger partial charge is 0.457 e. The molecule has 0 aliphatic carbocycles. The Hall–Kier alpha value is -3.57. The molecule has 27 heavy (non-hydrogen) atoms. The molecular weight excluding hydrogens is 340 g/mol. The number of nitrogens with one attached hydrogen (secondary N) is 2. The van der Waals surface area contributed by atoms with Crippen molar-refractivity contribution in [2.45, 2.75) is 6.54 Å². The van der Waals surface area contributed by atoms with Crippen LogP contribution in [0.25, 0.3) is 6.08 Å². The molecule has 136 valence electrons. The standard InChI is InChI=1S/C22H20N2O3/c25-22(24-26)15-12-18-6-4-5-9-21(18)23-16-17-10-13-20(14-11-17)27-19-7-2-1-3-8-19/h1-15,23,26H,16H2,(H,24,25). The van der Waals surface area contributed by atoms with Gasteiger partial charge in [-0.2, -0.15) is 0 Å². The van der Waals surface area contributed by atoms with E-state index >= 15 is 0 Å². The van der Waals surface area contributed by atoms with Gasteiger partial charge in [0.05, 0.1) is 0 Å². The topological polar surface area (TPSA) is 70.6 Å². The van der Waals surface area contributed by atoms with Crippen LogP contribution in [-0.4, -0.2) is 11.1 Å².